The zero-order chi connectivity index (χ0) is 11.8. The summed E-state index contributed by atoms with van der Waals surface area (Å²) in [6, 6.07) is 6.21. The summed E-state index contributed by atoms with van der Waals surface area (Å²) in [5.74, 6) is 2.93. The van der Waals surface area contributed by atoms with Crippen LogP contribution < -0.4 is 5.73 Å². The molecule has 2 N–H and O–H groups in total. The van der Waals surface area contributed by atoms with Crippen LogP contribution in [-0.4, -0.2) is 21.1 Å². The second-order valence-corrected chi connectivity index (χ2v) is 5.88. The van der Waals surface area contributed by atoms with Crippen LogP contribution in [0.15, 0.2) is 18.2 Å². The Morgan fingerprint density at radius 3 is 3.12 bits per heavy atom. The summed E-state index contributed by atoms with van der Waals surface area (Å²) in [6.07, 6.45) is 2.40. The molecule has 3 rings (SSSR count). The van der Waals surface area contributed by atoms with Gasteiger partial charge in [0.05, 0.1) is 16.1 Å². The number of benzene rings is 1. The highest BCUT2D eigenvalue weighted by Crippen LogP contribution is 2.34. The minimum Gasteiger partial charge on any atom is -0.369 e. The third-order valence-electron chi connectivity index (χ3n) is 3.19. The van der Waals surface area contributed by atoms with Crippen molar-refractivity contribution in [2.75, 3.05) is 17.2 Å². The van der Waals surface area contributed by atoms with Gasteiger partial charge in [-0.05, 0) is 30.7 Å². The van der Waals surface area contributed by atoms with Crippen molar-refractivity contribution >= 4 is 40.3 Å². The van der Waals surface area contributed by atoms with Gasteiger partial charge in [0.2, 0.25) is 5.95 Å². The number of halogens is 1. The predicted octanol–water partition coefficient (Wildman–Crippen LogP) is 3.34. The molecule has 1 aliphatic heterocycles. The monoisotopic (exact) mass is 267 g/mol. The van der Waals surface area contributed by atoms with Gasteiger partial charge in [-0.15, -0.1) is 0 Å². The number of anilines is 1. The summed E-state index contributed by atoms with van der Waals surface area (Å²) in [6.45, 7) is 0. The molecule has 1 atom stereocenters. The van der Waals surface area contributed by atoms with Crippen molar-refractivity contribution < 1.29 is 0 Å². The van der Waals surface area contributed by atoms with Crippen LogP contribution in [0.4, 0.5) is 5.95 Å². The number of imidazole rings is 1. The van der Waals surface area contributed by atoms with E-state index in [9.17, 15) is 0 Å². The van der Waals surface area contributed by atoms with Crippen molar-refractivity contribution in [3.8, 4) is 0 Å². The van der Waals surface area contributed by atoms with Crippen molar-refractivity contribution in [3.63, 3.8) is 0 Å². The molecular formula is C12H14ClN3S. The molecular weight excluding hydrogens is 254 g/mol. The second-order valence-electron chi connectivity index (χ2n) is 4.32. The highest BCUT2D eigenvalue weighted by atomic mass is 35.5. The van der Waals surface area contributed by atoms with Crippen LogP contribution in [0.3, 0.4) is 0 Å². The summed E-state index contributed by atoms with van der Waals surface area (Å²) >= 11 is 8.25. The van der Waals surface area contributed by atoms with Gasteiger partial charge in [-0.3, -0.25) is 0 Å². The Morgan fingerprint density at radius 2 is 2.35 bits per heavy atom. The number of nitrogens with two attached hydrogens (primary N) is 1. The van der Waals surface area contributed by atoms with Crippen molar-refractivity contribution in [2.24, 2.45) is 0 Å². The van der Waals surface area contributed by atoms with Gasteiger partial charge >= 0.3 is 0 Å². The minimum absolute atomic E-state index is 0.429. The number of nitrogens with zero attached hydrogens (tertiary/aromatic N) is 2. The first-order chi connectivity index (χ1) is 8.27. The lowest BCUT2D eigenvalue weighted by molar-refractivity contribution is 0.517. The van der Waals surface area contributed by atoms with Crippen LogP contribution in [0, 0.1) is 0 Å². The van der Waals surface area contributed by atoms with E-state index in [-0.39, 0.29) is 0 Å². The average Bonchev–Trinajstić information content (AvgIpc) is 2.68. The molecule has 3 nitrogen and oxygen atoms in total. The molecule has 1 saturated heterocycles. The Kier molecular flexibility index (Phi) is 2.92. The number of hydrogen-bond acceptors (Lipinski definition) is 3. The van der Waals surface area contributed by atoms with E-state index in [0.29, 0.717) is 12.0 Å². The maximum absolute atomic E-state index is 6.27. The Morgan fingerprint density at radius 1 is 1.47 bits per heavy atom. The number of aromatic nitrogens is 2. The van der Waals surface area contributed by atoms with Gasteiger partial charge in [0.1, 0.15) is 0 Å². The predicted molar refractivity (Wildman–Crippen MR) is 74.8 cm³/mol. The van der Waals surface area contributed by atoms with Crippen LogP contribution in [0.25, 0.3) is 11.0 Å². The molecule has 0 bridgehead atoms. The van der Waals surface area contributed by atoms with Gasteiger partial charge in [0, 0.05) is 11.8 Å². The minimum atomic E-state index is 0.429. The van der Waals surface area contributed by atoms with E-state index in [0.717, 1.165) is 28.2 Å². The maximum atomic E-state index is 6.27. The van der Waals surface area contributed by atoms with Crippen LogP contribution in [0.5, 0.6) is 0 Å². The van der Waals surface area contributed by atoms with Crippen molar-refractivity contribution in [1.29, 1.82) is 0 Å². The molecule has 1 aliphatic rings. The Hall–Kier alpha value is -0.870. The lowest BCUT2D eigenvalue weighted by Gasteiger charge is -2.24. The normalized spacial score (nSPS) is 20.9. The number of fused-ring (bicyclic) bond motifs is 1. The van der Waals surface area contributed by atoms with Gasteiger partial charge < -0.3 is 10.3 Å². The highest BCUT2D eigenvalue weighted by Gasteiger charge is 2.21. The fourth-order valence-electron chi connectivity index (χ4n) is 2.42. The molecule has 0 radical (unpaired) electrons. The molecule has 0 aliphatic carbocycles. The molecule has 0 saturated carbocycles. The Bertz CT molecular complexity index is 546. The van der Waals surface area contributed by atoms with E-state index < -0.39 is 0 Å². The average molecular weight is 268 g/mol. The number of nitrogen functional groups attached to an aromatic ring is 1. The summed E-state index contributed by atoms with van der Waals surface area (Å²) in [5, 5.41) is 0.738. The second kappa shape index (κ2) is 4.42. The van der Waals surface area contributed by atoms with Crippen molar-refractivity contribution in [1.82, 2.24) is 9.55 Å². The van der Waals surface area contributed by atoms with Gasteiger partial charge in [-0.2, -0.15) is 11.8 Å². The number of hydrogen-bond donors (Lipinski definition) is 1. The molecule has 1 aromatic carbocycles. The van der Waals surface area contributed by atoms with E-state index in [1.54, 1.807) is 0 Å². The molecule has 1 fully saturated rings. The van der Waals surface area contributed by atoms with Crippen molar-refractivity contribution in [3.05, 3.63) is 23.2 Å². The highest BCUT2D eigenvalue weighted by molar-refractivity contribution is 7.99. The quantitative estimate of drug-likeness (QED) is 0.862. The summed E-state index contributed by atoms with van der Waals surface area (Å²) in [5.41, 5.74) is 7.92. The van der Waals surface area contributed by atoms with Crippen molar-refractivity contribution in [2.45, 2.75) is 18.9 Å². The molecule has 5 heteroatoms. The molecule has 2 heterocycles. The zero-order valence-corrected chi connectivity index (χ0v) is 11.0. The number of rotatable bonds is 1. The van der Waals surface area contributed by atoms with E-state index in [1.807, 2.05) is 30.0 Å². The fourth-order valence-corrected chi connectivity index (χ4v) is 3.81. The van der Waals surface area contributed by atoms with Crippen LogP contribution >= 0.6 is 23.4 Å². The van der Waals surface area contributed by atoms with Gasteiger partial charge in [0.15, 0.2) is 0 Å². The smallest absolute Gasteiger partial charge is 0.201 e. The fraction of sp³-hybridized carbons (Fsp3) is 0.417. The third kappa shape index (κ3) is 1.89. The van der Waals surface area contributed by atoms with E-state index in [4.69, 9.17) is 17.3 Å². The van der Waals surface area contributed by atoms with Crippen LogP contribution in [-0.2, 0) is 0 Å². The van der Waals surface area contributed by atoms with Gasteiger partial charge in [-0.25, -0.2) is 4.98 Å². The SMILES string of the molecule is Nc1nc2cccc(Cl)c2n1C1CCCSC1. The maximum Gasteiger partial charge on any atom is 0.201 e. The lowest BCUT2D eigenvalue weighted by atomic mass is 10.1. The first-order valence-corrected chi connectivity index (χ1v) is 7.30. The Labute approximate surface area is 109 Å². The Balaban J connectivity index is 2.16. The first kappa shape index (κ1) is 11.2. The summed E-state index contributed by atoms with van der Waals surface area (Å²) < 4.78 is 2.11. The van der Waals surface area contributed by atoms with E-state index in [1.165, 1.54) is 12.2 Å². The van der Waals surface area contributed by atoms with Gasteiger partial charge in [-0.1, -0.05) is 17.7 Å². The van der Waals surface area contributed by atoms with E-state index in [2.05, 4.69) is 9.55 Å². The summed E-state index contributed by atoms with van der Waals surface area (Å²) in [7, 11) is 0. The summed E-state index contributed by atoms with van der Waals surface area (Å²) in [4.78, 5) is 4.40. The molecule has 1 aromatic heterocycles. The molecule has 17 heavy (non-hydrogen) atoms. The molecule has 1 unspecified atom stereocenters. The van der Waals surface area contributed by atoms with Crippen LogP contribution in [0.1, 0.15) is 18.9 Å². The standard InChI is InChI=1S/C12H14ClN3S/c13-9-4-1-5-10-11(9)16(12(14)15-10)8-3-2-6-17-7-8/h1,4-5,8H,2-3,6-7H2,(H2,14,15). The molecule has 0 amide bonds. The molecule has 90 valence electrons. The lowest BCUT2D eigenvalue weighted by Crippen LogP contribution is -2.18. The van der Waals surface area contributed by atoms with Crippen LogP contribution in [0.2, 0.25) is 5.02 Å². The number of thioether (sulfide) groups is 1. The zero-order valence-electron chi connectivity index (χ0n) is 9.40. The third-order valence-corrected chi connectivity index (χ3v) is 4.69. The first-order valence-electron chi connectivity index (χ1n) is 5.77. The molecule has 0 spiro atoms. The topological polar surface area (TPSA) is 43.8 Å². The number of para-hydroxylation sites is 1. The largest absolute Gasteiger partial charge is 0.369 e. The van der Waals surface area contributed by atoms with E-state index >= 15 is 0 Å². The molecule has 2 aromatic rings. The van der Waals surface area contributed by atoms with Gasteiger partial charge in [0.25, 0.3) is 0 Å².